The minimum Gasteiger partial charge on any atom is -0.492 e. The molecule has 1 heterocycles. The van der Waals surface area contributed by atoms with Crippen molar-refractivity contribution in [2.24, 2.45) is 10.2 Å². The highest BCUT2D eigenvalue weighted by atomic mass is 35.5. The average Bonchev–Trinajstić information content (AvgIpc) is 3.18. The molecular formula is C23H18ClF3N6O6S2. The van der Waals surface area contributed by atoms with Crippen LogP contribution in [0.25, 0.3) is 5.69 Å². The second-order valence-electron chi connectivity index (χ2n) is 8.24. The summed E-state index contributed by atoms with van der Waals surface area (Å²) < 4.78 is 99.3. The maximum atomic E-state index is 13.3. The van der Waals surface area contributed by atoms with Crippen molar-refractivity contribution in [3.05, 3.63) is 77.3 Å². The molecule has 3 aromatic carbocycles. The molecule has 0 saturated carbocycles. The van der Waals surface area contributed by atoms with Gasteiger partial charge >= 0.3 is 6.18 Å². The highest BCUT2D eigenvalue weighted by Crippen LogP contribution is 2.39. The molecule has 0 atom stereocenters. The van der Waals surface area contributed by atoms with Crippen LogP contribution in [0, 0.1) is 0 Å². The standard InChI is InChI=1S/C23H18ClF3N6O6S2/c1-32(14-8-6-13(7-9-14)23(25,26)27)40(35,36)19-5-3-2-4-17(19)29-30-20-21(28)31-33(22(20)34)18-12-15(41(37,38)39)10-11-16(18)24/h2-12,34H,1H3,(H2,28,31)(H,37,38,39)/b30-29+. The van der Waals surface area contributed by atoms with Crippen LogP contribution in [0.5, 0.6) is 5.88 Å². The summed E-state index contributed by atoms with van der Waals surface area (Å²) in [7, 11) is -7.86. The van der Waals surface area contributed by atoms with Crippen LogP contribution in [0.2, 0.25) is 5.02 Å². The van der Waals surface area contributed by atoms with Crippen LogP contribution in [0.4, 0.5) is 36.1 Å². The molecule has 4 N–H and O–H groups in total. The van der Waals surface area contributed by atoms with E-state index in [-0.39, 0.29) is 27.0 Å². The normalized spacial score (nSPS) is 12.6. The van der Waals surface area contributed by atoms with Gasteiger partial charge in [0.05, 0.1) is 26.9 Å². The first-order chi connectivity index (χ1) is 19.0. The summed E-state index contributed by atoms with van der Waals surface area (Å²) in [5.74, 6) is -1.15. The molecular weight excluding hydrogens is 613 g/mol. The fourth-order valence-corrected chi connectivity index (χ4v) is 5.52. The second-order valence-corrected chi connectivity index (χ2v) is 12.0. The van der Waals surface area contributed by atoms with Crippen molar-refractivity contribution in [2.45, 2.75) is 16.0 Å². The maximum absolute atomic E-state index is 13.3. The van der Waals surface area contributed by atoms with Gasteiger partial charge in [0.2, 0.25) is 5.88 Å². The summed E-state index contributed by atoms with van der Waals surface area (Å²) in [6.45, 7) is 0. The largest absolute Gasteiger partial charge is 0.492 e. The molecule has 4 rings (SSSR count). The summed E-state index contributed by atoms with van der Waals surface area (Å²) in [5, 5.41) is 22.2. The topological polar surface area (TPSA) is 181 Å². The highest BCUT2D eigenvalue weighted by Gasteiger charge is 2.31. The van der Waals surface area contributed by atoms with Gasteiger partial charge in [0, 0.05) is 7.05 Å². The molecule has 0 spiro atoms. The van der Waals surface area contributed by atoms with Gasteiger partial charge < -0.3 is 10.8 Å². The molecule has 0 aliphatic carbocycles. The Morgan fingerprint density at radius 2 is 1.63 bits per heavy atom. The molecule has 0 saturated heterocycles. The SMILES string of the molecule is CN(c1ccc(C(F)(F)F)cc1)S(=O)(=O)c1ccccc1/N=N/c1c(N)nn(-c2cc(S(=O)(=O)O)ccc2Cl)c1O. The van der Waals surface area contributed by atoms with E-state index in [1.54, 1.807) is 0 Å². The molecule has 0 aliphatic rings. The predicted octanol–water partition coefficient (Wildman–Crippen LogP) is 5.32. The molecule has 0 aliphatic heterocycles. The molecule has 0 amide bonds. The van der Waals surface area contributed by atoms with Crippen LogP contribution in [0.3, 0.4) is 0 Å². The molecule has 4 aromatic rings. The Kier molecular flexibility index (Phi) is 7.74. The van der Waals surface area contributed by atoms with Crippen molar-refractivity contribution in [1.82, 2.24) is 9.78 Å². The average molecular weight is 631 g/mol. The van der Waals surface area contributed by atoms with Crippen molar-refractivity contribution >= 4 is 54.6 Å². The zero-order valence-electron chi connectivity index (χ0n) is 20.5. The lowest BCUT2D eigenvalue weighted by Gasteiger charge is -2.20. The van der Waals surface area contributed by atoms with E-state index < -0.39 is 54.2 Å². The predicted molar refractivity (Wildman–Crippen MR) is 142 cm³/mol. The monoisotopic (exact) mass is 630 g/mol. The van der Waals surface area contributed by atoms with Crippen molar-refractivity contribution in [3.63, 3.8) is 0 Å². The number of aromatic hydroxyl groups is 1. The first-order valence-electron chi connectivity index (χ1n) is 11.0. The van der Waals surface area contributed by atoms with E-state index in [0.29, 0.717) is 0 Å². The summed E-state index contributed by atoms with van der Waals surface area (Å²) in [5.41, 5.74) is 4.00. The van der Waals surface area contributed by atoms with Gasteiger partial charge in [-0.15, -0.1) is 15.3 Å². The van der Waals surface area contributed by atoms with E-state index in [1.165, 1.54) is 24.3 Å². The van der Waals surface area contributed by atoms with E-state index in [1.807, 2.05) is 0 Å². The van der Waals surface area contributed by atoms with Gasteiger partial charge in [-0.1, -0.05) is 23.7 Å². The fourth-order valence-electron chi connectivity index (χ4n) is 3.50. The van der Waals surface area contributed by atoms with E-state index in [9.17, 15) is 39.7 Å². The van der Waals surface area contributed by atoms with E-state index in [4.69, 9.17) is 17.3 Å². The van der Waals surface area contributed by atoms with Crippen molar-refractivity contribution in [2.75, 3.05) is 17.1 Å². The van der Waals surface area contributed by atoms with E-state index in [2.05, 4.69) is 15.3 Å². The molecule has 0 unspecified atom stereocenters. The lowest BCUT2D eigenvalue weighted by Crippen LogP contribution is -2.26. The number of nitrogen functional groups attached to an aromatic ring is 1. The van der Waals surface area contributed by atoms with E-state index in [0.717, 1.165) is 58.5 Å². The van der Waals surface area contributed by atoms with Gasteiger partial charge in [0.15, 0.2) is 11.5 Å². The van der Waals surface area contributed by atoms with Crippen molar-refractivity contribution in [1.29, 1.82) is 0 Å². The Morgan fingerprint density at radius 1 is 1.00 bits per heavy atom. The third-order valence-electron chi connectivity index (χ3n) is 5.63. The highest BCUT2D eigenvalue weighted by molar-refractivity contribution is 7.93. The number of azo groups is 1. The number of nitrogens with two attached hydrogens (primary N) is 1. The smallest absolute Gasteiger partial charge is 0.416 e. The Bertz CT molecular complexity index is 1880. The quantitative estimate of drug-likeness (QED) is 0.181. The van der Waals surface area contributed by atoms with Gasteiger partial charge in [-0.2, -0.15) is 26.3 Å². The van der Waals surface area contributed by atoms with Crippen LogP contribution >= 0.6 is 11.6 Å². The van der Waals surface area contributed by atoms with Crippen LogP contribution in [0.15, 0.2) is 86.7 Å². The molecule has 41 heavy (non-hydrogen) atoms. The van der Waals surface area contributed by atoms with Crippen LogP contribution in [-0.4, -0.2) is 43.3 Å². The number of sulfonamides is 1. The molecule has 18 heteroatoms. The van der Waals surface area contributed by atoms with Gasteiger partial charge in [0.1, 0.15) is 10.6 Å². The lowest BCUT2D eigenvalue weighted by atomic mass is 10.2. The van der Waals surface area contributed by atoms with Crippen molar-refractivity contribution in [3.8, 4) is 11.6 Å². The number of hydrogen-bond donors (Lipinski definition) is 3. The number of hydrogen-bond acceptors (Lipinski definition) is 9. The molecule has 12 nitrogen and oxygen atoms in total. The third kappa shape index (κ3) is 5.97. The molecule has 1 aromatic heterocycles. The summed E-state index contributed by atoms with van der Waals surface area (Å²) in [6.07, 6.45) is -4.60. The molecule has 216 valence electrons. The number of nitrogens with zero attached hydrogens (tertiary/aromatic N) is 5. The zero-order chi connectivity index (χ0) is 30.3. The van der Waals surface area contributed by atoms with Crippen LogP contribution in [0.1, 0.15) is 5.56 Å². The number of aromatic nitrogens is 2. The maximum Gasteiger partial charge on any atom is 0.416 e. The summed E-state index contributed by atoms with van der Waals surface area (Å²) in [6, 6.07) is 11.9. The molecule has 0 bridgehead atoms. The molecule has 0 radical (unpaired) electrons. The zero-order valence-corrected chi connectivity index (χ0v) is 22.9. The first kappa shape index (κ1) is 29.8. The second kappa shape index (κ2) is 10.7. The fraction of sp³-hybridized carbons (Fsp3) is 0.0870. The van der Waals surface area contributed by atoms with Gasteiger partial charge in [-0.3, -0.25) is 8.86 Å². The van der Waals surface area contributed by atoms with Crippen LogP contribution < -0.4 is 10.0 Å². The number of anilines is 2. The van der Waals surface area contributed by atoms with Gasteiger partial charge in [-0.05, 0) is 54.6 Å². The Hall–Kier alpha value is -4.19. The van der Waals surface area contributed by atoms with Crippen molar-refractivity contribution < 1.29 is 39.7 Å². The minimum atomic E-state index is -4.63. The number of rotatable bonds is 7. The summed E-state index contributed by atoms with van der Waals surface area (Å²) >= 11 is 6.10. The lowest BCUT2D eigenvalue weighted by molar-refractivity contribution is -0.137. The number of benzene rings is 3. The first-order valence-corrected chi connectivity index (χ1v) is 14.3. The molecule has 0 fully saturated rings. The van der Waals surface area contributed by atoms with E-state index >= 15 is 0 Å². The Morgan fingerprint density at radius 3 is 2.24 bits per heavy atom. The Balaban J connectivity index is 1.71. The minimum absolute atomic E-state index is 0.0584. The number of halogens is 4. The Labute approximate surface area is 235 Å². The third-order valence-corrected chi connectivity index (χ3v) is 8.63. The van der Waals surface area contributed by atoms with Gasteiger partial charge in [-0.25, -0.2) is 8.42 Å². The van der Waals surface area contributed by atoms with Crippen LogP contribution in [-0.2, 0) is 26.3 Å². The number of alkyl halides is 3. The summed E-state index contributed by atoms with van der Waals surface area (Å²) in [4.78, 5) is -0.926. The van der Waals surface area contributed by atoms with Gasteiger partial charge in [0.25, 0.3) is 20.1 Å².